The molecule has 2 rings (SSSR count). The summed E-state index contributed by atoms with van der Waals surface area (Å²) in [4.78, 5) is 8.12. The Morgan fingerprint density at radius 3 is 2.65 bits per heavy atom. The zero-order valence-electron chi connectivity index (χ0n) is 9.65. The van der Waals surface area contributed by atoms with Crippen molar-refractivity contribution in [2.24, 2.45) is 0 Å². The van der Waals surface area contributed by atoms with Gasteiger partial charge < -0.3 is 5.32 Å². The number of aryl methyl sites for hydroxylation is 1. The van der Waals surface area contributed by atoms with Crippen molar-refractivity contribution in [2.75, 3.05) is 5.32 Å². The fourth-order valence-electron chi connectivity index (χ4n) is 1.69. The van der Waals surface area contributed by atoms with Crippen molar-refractivity contribution in [3.05, 3.63) is 52.9 Å². The molecule has 0 spiro atoms. The lowest BCUT2D eigenvalue weighted by molar-refractivity contribution is 1.03. The van der Waals surface area contributed by atoms with Crippen LogP contribution in [-0.2, 0) is 13.0 Å². The number of benzene rings is 1. The molecule has 4 heteroatoms. The summed E-state index contributed by atoms with van der Waals surface area (Å²) >= 11 is 5.77. The molecule has 2 aromatic rings. The zero-order valence-corrected chi connectivity index (χ0v) is 10.4. The highest BCUT2D eigenvalue weighted by atomic mass is 35.5. The Kier molecular flexibility index (Phi) is 3.94. The Balaban J connectivity index is 2.07. The van der Waals surface area contributed by atoms with Crippen LogP contribution in [0, 0.1) is 0 Å². The lowest BCUT2D eigenvalue weighted by Crippen LogP contribution is -2.04. The van der Waals surface area contributed by atoms with E-state index in [1.807, 2.05) is 6.07 Å². The largest absolute Gasteiger partial charge is 0.365 e. The van der Waals surface area contributed by atoms with Crippen molar-refractivity contribution in [3.8, 4) is 0 Å². The van der Waals surface area contributed by atoms with Crippen LogP contribution < -0.4 is 5.32 Å². The second-order valence-electron chi connectivity index (χ2n) is 3.70. The molecule has 1 heterocycles. The van der Waals surface area contributed by atoms with E-state index in [1.165, 1.54) is 17.3 Å². The van der Waals surface area contributed by atoms with Crippen LogP contribution in [0.2, 0.25) is 5.15 Å². The third-order valence-corrected chi connectivity index (χ3v) is 2.75. The van der Waals surface area contributed by atoms with Crippen molar-refractivity contribution >= 4 is 17.4 Å². The molecule has 0 unspecified atom stereocenters. The first-order valence-electron chi connectivity index (χ1n) is 5.58. The van der Waals surface area contributed by atoms with Crippen LogP contribution in [0.25, 0.3) is 0 Å². The van der Waals surface area contributed by atoms with Crippen molar-refractivity contribution < 1.29 is 0 Å². The zero-order chi connectivity index (χ0) is 12.1. The standard InChI is InChI=1S/C13H14ClN3/c1-2-10-5-3-4-6-11(10)7-16-13-9-15-8-12(14)17-13/h3-6,8-9H,2,7H2,1H3,(H,16,17). The Morgan fingerprint density at radius 1 is 1.18 bits per heavy atom. The number of hydrogen-bond donors (Lipinski definition) is 1. The Labute approximate surface area is 106 Å². The van der Waals surface area contributed by atoms with E-state index in [9.17, 15) is 0 Å². The van der Waals surface area contributed by atoms with Gasteiger partial charge in [0.1, 0.15) is 11.0 Å². The highest BCUT2D eigenvalue weighted by Crippen LogP contribution is 2.12. The molecule has 0 aliphatic carbocycles. The molecule has 1 aromatic carbocycles. The van der Waals surface area contributed by atoms with Gasteiger partial charge in [-0.3, -0.25) is 4.98 Å². The van der Waals surface area contributed by atoms with Crippen molar-refractivity contribution in [1.82, 2.24) is 9.97 Å². The second-order valence-corrected chi connectivity index (χ2v) is 4.09. The van der Waals surface area contributed by atoms with E-state index in [2.05, 4.69) is 40.4 Å². The highest BCUT2D eigenvalue weighted by molar-refractivity contribution is 6.29. The number of aromatic nitrogens is 2. The molecule has 1 N–H and O–H groups in total. The van der Waals surface area contributed by atoms with Crippen LogP contribution in [0.4, 0.5) is 5.82 Å². The van der Waals surface area contributed by atoms with Gasteiger partial charge in [-0.15, -0.1) is 0 Å². The van der Waals surface area contributed by atoms with E-state index < -0.39 is 0 Å². The third-order valence-electron chi connectivity index (χ3n) is 2.56. The molecule has 0 amide bonds. The number of anilines is 1. The predicted octanol–water partition coefficient (Wildman–Crippen LogP) is 3.30. The molecular weight excluding hydrogens is 234 g/mol. The fraction of sp³-hybridized carbons (Fsp3) is 0.231. The van der Waals surface area contributed by atoms with Crippen LogP contribution in [0.3, 0.4) is 0 Å². The van der Waals surface area contributed by atoms with Crippen LogP contribution in [-0.4, -0.2) is 9.97 Å². The van der Waals surface area contributed by atoms with Gasteiger partial charge in [0, 0.05) is 6.54 Å². The summed E-state index contributed by atoms with van der Waals surface area (Å²) in [5, 5.41) is 3.62. The number of nitrogens with one attached hydrogen (secondary N) is 1. The lowest BCUT2D eigenvalue weighted by Gasteiger charge is -2.09. The second kappa shape index (κ2) is 5.64. The molecule has 0 saturated heterocycles. The van der Waals surface area contributed by atoms with Gasteiger partial charge in [0.2, 0.25) is 0 Å². The minimum absolute atomic E-state index is 0.402. The first-order chi connectivity index (χ1) is 8.29. The highest BCUT2D eigenvalue weighted by Gasteiger charge is 2.00. The molecular formula is C13H14ClN3. The molecule has 1 aromatic heterocycles. The average molecular weight is 248 g/mol. The van der Waals surface area contributed by atoms with Gasteiger partial charge in [-0.2, -0.15) is 0 Å². The van der Waals surface area contributed by atoms with Crippen LogP contribution in [0.15, 0.2) is 36.7 Å². The van der Waals surface area contributed by atoms with Gasteiger partial charge in [-0.05, 0) is 17.5 Å². The Bertz CT molecular complexity index is 500. The van der Waals surface area contributed by atoms with E-state index in [4.69, 9.17) is 11.6 Å². The first kappa shape index (κ1) is 11.9. The van der Waals surface area contributed by atoms with Crippen LogP contribution in [0.5, 0.6) is 0 Å². The van der Waals surface area contributed by atoms with Crippen molar-refractivity contribution in [2.45, 2.75) is 19.9 Å². The van der Waals surface area contributed by atoms with Gasteiger partial charge in [0.25, 0.3) is 0 Å². The number of rotatable bonds is 4. The summed E-state index contributed by atoms with van der Waals surface area (Å²) < 4.78 is 0. The summed E-state index contributed by atoms with van der Waals surface area (Å²) in [6.07, 6.45) is 4.21. The number of nitrogens with zero attached hydrogens (tertiary/aromatic N) is 2. The molecule has 0 fully saturated rings. The lowest BCUT2D eigenvalue weighted by atomic mass is 10.1. The molecule has 17 heavy (non-hydrogen) atoms. The first-order valence-corrected chi connectivity index (χ1v) is 5.95. The monoisotopic (exact) mass is 247 g/mol. The smallest absolute Gasteiger partial charge is 0.149 e. The minimum Gasteiger partial charge on any atom is -0.365 e. The maximum absolute atomic E-state index is 5.77. The van der Waals surface area contributed by atoms with Gasteiger partial charge >= 0.3 is 0 Å². The molecule has 0 aliphatic rings. The molecule has 3 nitrogen and oxygen atoms in total. The van der Waals surface area contributed by atoms with E-state index in [0.717, 1.165) is 13.0 Å². The molecule has 0 saturated carbocycles. The number of halogens is 1. The SMILES string of the molecule is CCc1ccccc1CNc1cncc(Cl)n1. The van der Waals surface area contributed by atoms with E-state index in [-0.39, 0.29) is 0 Å². The molecule has 88 valence electrons. The van der Waals surface area contributed by atoms with E-state index in [0.29, 0.717) is 11.0 Å². The van der Waals surface area contributed by atoms with E-state index >= 15 is 0 Å². The molecule has 0 atom stereocenters. The quantitative estimate of drug-likeness (QED) is 0.901. The molecule has 0 radical (unpaired) electrons. The van der Waals surface area contributed by atoms with Gasteiger partial charge in [0.15, 0.2) is 0 Å². The predicted molar refractivity (Wildman–Crippen MR) is 70.2 cm³/mol. The topological polar surface area (TPSA) is 37.8 Å². The summed E-state index contributed by atoms with van der Waals surface area (Å²) in [6, 6.07) is 8.35. The van der Waals surface area contributed by atoms with Gasteiger partial charge in [-0.1, -0.05) is 42.8 Å². The summed E-state index contributed by atoms with van der Waals surface area (Å²) in [6.45, 7) is 2.89. The average Bonchev–Trinajstić information content (AvgIpc) is 2.37. The van der Waals surface area contributed by atoms with Gasteiger partial charge in [-0.25, -0.2) is 4.98 Å². The maximum Gasteiger partial charge on any atom is 0.149 e. The van der Waals surface area contributed by atoms with Crippen molar-refractivity contribution in [3.63, 3.8) is 0 Å². The van der Waals surface area contributed by atoms with Crippen LogP contribution >= 0.6 is 11.6 Å². The van der Waals surface area contributed by atoms with E-state index in [1.54, 1.807) is 6.20 Å². The minimum atomic E-state index is 0.402. The summed E-state index contributed by atoms with van der Waals surface area (Å²) in [5.74, 6) is 0.698. The number of hydrogen-bond acceptors (Lipinski definition) is 3. The third kappa shape index (κ3) is 3.17. The molecule has 0 bridgehead atoms. The normalized spacial score (nSPS) is 10.2. The summed E-state index contributed by atoms with van der Waals surface area (Å²) in [7, 11) is 0. The maximum atomic E-state index is 5.77. The van der Waals surface area contributed by atoms with Gasteiger partial charge in [0.05, 0.1) is 12.4 Å². The fourth-order valence-corrected chi connectivity index (χ4v) is 1.84. The Hall–Kier alpha value is -1.61. The van der Waals surface area contributed by atoms with Crippen LogP contribution in [0.1, 0.15) is 18.1 Å². The Morgan fingerprint density at radius 2 is 1.94 bits per heavy atom. The van der Waals surface area contributed by atoms with Crippen molar-refractivity contribution in [1.29, 1.82) is 0 Å². The summed E-state index contributed by atoms with van der Waals surface area (Å²) in [5.41, 5.74) is 2.62. The molecule has 0 aliphatic heterocycles.